The van der Waals surface area contributed by atoms with Crippen molar-refractivity contribution in [3.05, 3.63) is 59.7 Å². The summed E-state index contributed by atoms with van der Waals surface area (Å²) in [5.74, 6) is -0.921. The zero-order valence-corrected chi connectivity index (χ0v) is 16.7. The van der Waals surface area contributed by atoms with Crippen LogP contribution < -0.4 is 0 Å². The fourth-order valence-electron chi connectivity index (χ4n) is 5.19. The molecule has 4 nitrogen and oxygen atoms in total. The third-order valence-electron chi connectivity index (χ3n) is 6.67. The van der Waals surface area contributed by atoms with Crippen LogP contribution in [0, 0.1) is 5.41 Å². The van der Waals surface area contributed by atoms with Crippen molar-refractivity contribution in [2.75, 3.05) is 6.61 Å². The molecule has 152 valence electrons. The first-order valence-electron chi connectivity index (χ1n) is 10.6. The van der Waals surface area contributed by atoms with Crippen LogP contribution in [0.4, 0.5) is 0 Å². The van der Waals surface area contributed by atoms with Gasteiger partial charge < -0.3 is 9.84 Å². The van der Waals surface area contributed by atoms with Gasteiger partial charge in [0.2, 0.25) is 0 Å². The molecule has 1 N–H and O–H groups in total. The van der Waals surface area contributed by atoms with Gasteiger partial charge in [-0.15, -0.1) is 0 Å². The number of rotatable bonds is 7. The fraction of sp³-hybridized carbons (Fsp3) is 0.440. The Balaban J connectivity index is 1.39. The fourth-order valence-corrected chi connectivity index (χ4v) is 5.19. The molecule has 0 aromatic heterocycles. The van der Waals surface area contributed by atoms with Gasteiger partial charge >= 0.3 is 11.9 Å². The number of hydrogen-bond donors (Lipinski definition) is 1. The van der Waals surface area contributed by atoms with E-state index in [0.717, 1.165) is 32.1 Å². The Morgan fingerprint density at radius 3 is 2.10 bits per heavy atom. The average molecular weight is 392 g/mol. The first kappa shape index (κ1) is 19.7. The second-order valence-corrected chi connectivity index (χ2v) is 8.54. The highest BCUT2D eigenvalue weighted by Gasteiger charge is 2.35. The minimum Gasteiger partial charge on any atom is -0.481 e. The van der Waals surface area contributed by atoms with Crippen molar-refractivity contribution in [3.63, 3.8) is 0 Å². The number of fused-ring (bicyclic) bond motifs is 3. The maximum absolute atomic E-state index is 12.5. The highest BCUT2D eigenvalue weighted by Crippen LogP contribution is 2.45. The lowest BCUT2D eigenvalue weighted by molar-refractivity contribution is -0.147. The van der Waals surface area contributed by atoms with Crippen molar-refractivity contribution in [2.45, 2.75) is 57.3 Å². The molecule has 0 spiro atoms. The topological polar surface area (TPSA) is 63.6 Å². The summed E-state index contributed by atoms with van der Waals surface area (Å²) >= 11 is 0. The highest BCUT2D eigenvalue weighted by molar-refractivity contribution is 5.79. The quantitative estimate of drug-likeness (QED) is 0.628. The van der Waals surface area contributed by atoms with Crippen LogP contribution in [0.5, 0.6) is 0 Å². The van der Waals surface area contributed by atoms with Crippen LogP contribution in [0.2, 0.25) is 0 Å². The van der Waals surface area contributed by atoms with Gasteiger partial charge in [0.25, 0.3) is 0 Å². The summed E-state index contributed by atoms with van der Waals surface area (Å²) in [5, 5.41) is 9.31. The van der Waals surface area contributed by atoms with Crippen LogP contribution in [-0.2, 0) is 14.3 Å². The predicted molar refractivity (Wildman–Crippen MR) is 112 cm³/mol. The predicted octanol–water partition coefficient (Wildman–Crippen LogP) is 5.55. The minimum absolute atomic E-state index is 0.0639. The second kappa shape index (κ2) is 8.40. The molecule has 0 heterocycles. The largest absolute Gasteiger partial charge is 0.481 e. The first-order chi connectivity index (χ1) is 14.1. The van der Waals surface area contributed by atoms with Crippen molar-refractivity contribution in [2.24, 2.45) is 5.41 Å². The van der Waals surface area contributed by atoms with Gasteiger partial charge in [-0.2, -0.15) is 0 Å². The number of carboxylic acid groups (broad SMARTS) is 1. The Hall–Kier alpha value is -2.62. The van der Waals surface area contributed by atoms with E-state index in [1.54, 1.807) is 0 Å². The molecule has 0 unspecified atom stereocenters. The van der Waals surface area contributed by atoms with Gasteiger partial charge in [-0.1, -0.05) is 67.8 Å². The molecule has 0 bridgehead atoms. The Morgan fingerprint density at radius 1 is 0.931 bits per heavy atom. The van der Waals surface area contributed by atoms with Gasteiger partial charge in [0.1, 0.15) is 6.61 Å². The number of carboxylic acids is 1. The molecule has 2 aromatic rings. The van der Waals surface area contributed by atoms with E-state index in [4.69, 9.17) is 4.74 Å². The maximum Gasteiger partial charge on any atom is 0.305 e. The Morgan fingerprint density at radius 2 is 1.52 bits per heavy atom. The molecule has 29 heavy (non-hydrogen) atoms. The van der Waals surface area contributed by atoms with Crippen molar-refractivity contribution in [3.8, 4) is 11.1 Å². The van der Waals surface area contributed by atoms with Gasteiger partial charge in [0.05, 0.1) is 6.42 Å². The number of esters is 1. The summed E-state index contributed by atoms with van der Waals surface area (Å²) in [6.07, 6.45) is 6.12. The number of ether oxygens (including phenoxy) is 1. The molecular weight excluding hydrogens is 364 g/mol. The van der Waals surface area contributed by atoms with Gasteiger partial charge in [-0.3, -0.25) is 9.59 Å². The molecule has 2 aromatic carbocycles. The first-order valence-corrected chi connectivity index (χ1v) is 10.6. The van der Waals surface area contributed by atoms with Crippen LogP contribution in [0.1, 0.15) is 68.4 Å². The average Bonchev–Trinajstić information content (AvgIpc) is 3.05. The molecule has 1 fully saturated rings. The minimum atomic E-state index is -0.764. The molecule has 0 atom stereocenters. The van der Waals surface area contributed by atoms with E-state index in [1.165, 1.54) is 22.3 Å². The number of hydrogen-bond acceptors (Lipinski definition) is 3. The standard InChI is InChI=1S/C25H28O4/c26-23(27)16-25(13-6-1-7-14-25)15-12-24(28)29-17-22-20-10-4-2-8-18(20)19-9-3-5-11-21(19)22/h2-5,8-11,22H,1,6-7,12-17H2,(H,26,27). The molecule has 4 rings (SSSR count). The Labute approximate surface area is 171 Å². The third kappa shape index (κ3) is 4.21. The normalized spacial score (nSPS) is 17.4. The Kier molecular flexibility index (Phi) is 5.70. The summed E-state index contributed by atoms with van der Waals surface area (Å²) < 4.78 is 5.69. The molecule has 4 heteroatoms. The van der Waals surface area contributed by atoms with Crippen molar-refractivity contribution in [1.29, 1.82) is 0 Å². The molecule has 0 aliphatic heterocycles. The summed E-state index contributed by atoms with van der Waals surface area (Å²) in [7, 11) is 0. The molecule has 0 radical (unpaired) electrons. The van der Waals surface area contributed by atoms with Gasteiger partial charge in [-0.25, -0.2) is 0 Å². The van der Waals surface area contributed by atoms with Crippen LogP contribution >= 0.6 is 0 Å². The molecule has 2 aliphatic rings. The molecule has 0 amide bonds. The number of carbonyl (C=O) groups is 2. The van der Waals surface area contributed by atoms with Crippen molar-refractivity contribution < 1.29 is 19.4 Å². The third-order valence-corrected chi connectivity index (χ3v) is 6.67. The lowest BCUT2D eigenvalue weighted by atomic mass is 9.69. The van der Waals surface area contributed by atoms with E-state index in [0.29, 0.717) is 19.4 Å². The lowest BCUT2D eigenvalue weighted by Gasteiger charge is -2.36. The highest BCUT2D eigenvalue weighted by atomic mass is 16.5. The number of benzene rings is 2. The van der Waals surface area contributed by atoms with E-state index >= 15 is 0 Å². The van der Waals surface area contributed by atoms with E-state index in [1.807, 2.05) is 24.3 Å². The van der Waals surface area contributed by atoms with Crippen LogP contribution in [0.3, 0.4) is 0 Å². The van der Waals surface area contributed by atoms with Crippen molar-refractivity contribution >= 4 is 11.9 Å². The van der Waals surface area contributed by atoms with Crippen LogP contribution in [0.25, 0.3) is 11.1 Å². The summed E-state index contributed by atoms with van der Waals surface area (Å²) in [4.78, 5) is 23.9. The number of carbonyl (C=O) groups excluding carboxylic acids is 1. The van der Waals surface area contributed by atoms with Crippen LogP contribution in [0.15, 0.2) is 48.5 Å². The SMILES string of the molecule is O=C(O)CC1(CCC(=O)OCC2c3ccccc3-c3ccccc32)CCCCC1. The zero-order chi connectivity index (χ0) is 20.3. The van der Waals surface area contributed by atoms with E-state index in [-0.39, 0.29) is 23.7 Å². The number of aliphatic carboxylic acids is 1. The molecule has 1 saturated carbocycles. The van der Waals surface area contributed by atoms with E-state index < -0.39 is 5.97 Å². The second-order valence-electron chi connectivity index (χ2n) is 8.54. The van der Waals surface area contributed by atoms with Gasteiger partial charge in [0, 0.05) is 12.3 Å². The molecule has 0 saturated heterocycles. The molecular formula is C25H28O4. The molecule has 2 aliphatic carbocycles. The summed E-state index contributed by atoms with van der Waals surface area (Å²) in [5.41, 5.74) is 4.60. The summed E-state index contributed by atoms with van der Waals surface area (Å²) in [6, 6.07) is 16.6. The smallest absolute Gasteiger partial charge is 0.305 e. The lowest BCUT2D eigenvalue weighted by Crippen LogP contribution is -2.28. The van der Waals surface area contributed by atoms with E-state index in [9.17, 15) is 14.7 Å². The Bertz CT molecular complexity index is 850. The van der Waals surface area contributed by atoms with Crippen molar-refractivity contribution in [1.82, 2.24) is 0 Å². The van der Waals surface area contributed by atoms with E-state index in [2.05, 4.69) is 24.3 Å². The van der Waals surface area contributed by atoms with Crippen LogP contribution in [-0.4, -0.2) is 23.7 Å². The van der Waals surface area contributed by atoms with Gasteiger partial charge in [-0.05, 0) is 46.9 Å². The monoisotopic (exact) mass is 392 g/mol. The maximum atomic E-state index is 12.5. The summed E-state index contributed by atoms with van der Waals surface area (Å²) in [6.45, 7) is 0.332. The van der Waals surface area contributed by atoms with Gasteiger partial charge in [0.15, 0.2) is 0 Å². The zero-order valence-electron chi connectivity index (χ0n) is 16.7.